The summed E-state index contributed by atoms with van der Waals surface area (Å²) in [6, 6.07) is 0.132. The van der Waals surface area contributed by atoms with Crippen molar-refractivity contribution in [3.05, 3.63) is 0 Å². The summed E-state index contributed by atoms with van der Waals surface area (Å²) in [5.74, 6) is 2.54. The highest BCUT2D eigenvalue weighted by atomic mass is 16.2. The van der Waals surface area contributed by atoms with Crippen molar-refractivity contribution < 1.29 is 4.79 Å². The van der Waals surface area contributed by atoms with E-state index in [2.05, 4.69) is 5.32 Å². The first-order chi connectivity index (χ1) is 8.25. The molecule has 0 aromatic rings. The van der Waals surface area contributed by atoms with E-state index >= 15 is 0 Å². The van der Waals surface area contributed by atoms with Crippen molar-refractivity contribution in [2.75, 3.05) is 20.1 Å². The van der Waals surface area contributed by atoms with Crippen LogP contribution in [-0.2, 0) is 4.79 Å². The fraction of sp³-hybridized carbons (Fsp3) is 0.929. The molecule has 1 saturated heterocycles. The predicted octanol–water partition coefficient (Wildman–Crippen LogP) is 1.63. The first-order valence-electron chi connectivity index (χ1n) is 7.24. The van der Waals surface area contributed by atoms with Crippen molar-refractivity contribution in [3.8, 4) is 0 Å². The fourth-order valence-corrected chi connectivity index (χ4v) is 3.85. The minimum absolute atomic E-state index is 0.132. The fourth-order valence-electron chi connectivity index (χ4n) is 3.85. The van der Waals surface area contributed by atoms with Gasteiger partial charge in [0.1, 0.15) is 0 Å². The van der Waals surface area contributed by atoms with Crippen LogP contribution < -0.4 is 5.32 Å². The largest absolute Gasteiger partial charge is 0.344 e. The van der Waals surface area contributed by atoms with Crippen LogP contribution in [0.25, 0.3) is 0 Å². The van der Waals surface area contributed by atoms with Gasteiger partial charge >= 0.3 is 0 Å². The first-order valence-corrected chi connectivity index (χ1v) is 7.24. The van der Waals surface area contributed by atoms with Gasteiger partial charge in [0.15, 0.2) is 0 Å². The van der Waals surface area contributed by atoms with Crippen molar-refractivity contribution in [1.82, 2.24) is 10.2 Å². The summed E-state index contributed by atoms with van der Waals surface area (Å²) < 4.78 is 0. The Bertz CT molecular complexity index is 301. The summed E-state index contributed by atoms with van der Waals surface area (Å²) >= 11 is 0. The minimum Gasteiger partial charge on any atom is -0.344 e. The van der Waals surface area contributed by atoms with E-state index in [4.69, 9.17) is 0 Å². The second kappa shape index (κ2) is 4.60. The zero-order valence-corrected chi connectivity index (χ0v) is 10.8. The number of nitrogens with one attached hydrogen (secondary N) is 1. The van der Waals surface area contributed by atoms with Crippen molar-refractivity contribution in [2.45, 2.75) is 44.6 Å². The van der Waals surface area contributed by atoms with E-state index in [0.717, 1.165) is 24.9 Å². The Balaban J connectivity index is 1.57. The molecule has 3 atom stereocenters. The van der Waals surface area contributed by atoms with Crippen LogP contribution in [-0.4, -0.2) is 37.0 Å². The number of amides is 1. The van der Waals surface area contributed by atoms with Crippen LogP contribution in [0.1, 0.15) is 38.5 Å². The molecule has 0 aromatic heterocycles. The maximum atomic E-state index is 12.4. The molecule has 2 aliphatic carbocycles. The molecule has 1 heterocycles. The lowest BCUT2D eigenvalue weighted by molar-refractivity contribution is -0.133. The SMILES string of the molecule is CN(CC1CCC1)C(=O)C1NCC2CCCC21. The number of nitrogens with zero attached hydrogens (tertiary/aromatic N) is 1. The smallest absolute Gasteiger partial charge is 0.239 e. The van der Waals surface area contributed by atoms with Gasteiger partial charge in [0.2, 0.25) is 5.91 Å². The Kier molecular flexibility index (Phi) is 3.12. The molecule has 96 valence electrons. The number of hydrogen-bond donors (Lipinski definition) is 1. The molecule has 3 nitrogen and oxygen atoms in total. The van der Waals surface area contributed by atoms with E-state index < -0.39 is 0 Å². The Labute approximate surface area is 104 Å². The van der Waals surface area contributed by atoms with Gasteiger partial charge in [-0.1, -0.05) is 12.8 Å². The molecule has 0 aromatic carbocycles. The zero-order valence-electron chi connectivity index (χ0n) is 10.8. The third-order valence-electron chi connectivity index (χ3n) is 5.15. The summed E-state index contributed by atoms with van der Waals surface area (Å²) in [5.41, 5.74) is 0. The maximum absolute atomic E-state index is 12.4. The molecule has 0 spiro atoms. The molecule has 0 bridgehead atoms. The standard InChI is InChI=1S/C14H24N2O/c1-16(9-10-4-2-5-10)14(17)13-12-7-3-6-11(12)8-15-13/h10-13,15H,2-9H2,1H3. The normalized spacial score (nSPS) is 36.6. The highest BCUT2D eigenvalue weighted by molar-refractivity contribution is 5.82. The second-order valence-corrected chi connectivity index (χ2v) is 6.26. The average molecular weight is 236 g/mol. The van der Waals surface area contributed by atoms with Crippen LogP contribution in [0.15, 0.2) is 0 Å². The summed E-state index contributed by atoms with van der Waals surface area (Å²) in [4.78, 5) is 14.4. The number of carbonyl (C=O) groups excluding carboxylic acids is 1. The Hall–Kier alpha value is -0.570. The number of likely N-dealkylation sites (N-methyl/N-ethyl adjacent to an activating group) is 1. The number of rotatable bonds is 3. The van der Waals surface area contributed by atoms with Gasteiger partial charge in [-0.25, -0.2) is 0 Å². The van der Waals surface area contributed by atoms with Gasteiger partial charge in [-0.15, -0.1) is 0 Å². The van der Waals surface area contributed by atoms with E-state index in [0.29, 0.717) is 11.8 Å². The van der Waals surface area contributed by atoms with Crippen LogP contribution in [0, 0.1) is 17.8 Å². The van der Waals surface area contributed by atoms with Crippen LogP contribution in [0.4, 0.5) is 0 Å². The van der Waals surface area contributed by atoms with Crippen LogP contribution in [0.3, 0.4) is 0 Å². The Morgan fingerprint density at radius 3 is 2.71 bits per heavy atom. The van der Waals surface area contributed by atoms with E-state index in [9.17, 15) is 4.79 Å². The zero-order chi connectivity index (χ0) is 11.8. The Morgan fingerprint density at radius 1 is 1.24 bits per heavy atom. The third-order valence-corrected chi connectivity index (χ3v) is 5.15. The van der Waals surface area contributed by atoms with Crippen LogP contribution in [0.2, 0.25) is 0 Å². The summed E-state index contributed by atoms with van der Waals surface area (Å²) in [7, 11) is 1.99. The van der Waals surface area contributed by atoms with Crippen molar-refractivity contribution >= 4 is 5.91 Å². The van der Waals surface area contributed by atoms with Gasteiger partial charge in [0.25, 0.3) is 0 Å². The molecule has 3 unspecified atom stereocenters. The maximum Gasteiger partial charge on any atom is 0.239 e. The van der Waals surface area contributed by atoms with Gasteiger partial charge in [-0.2, -0.15) is 0 Å². The molecule has 3 heteroatoms. The third kappa shape index (κ3) is 2.10. The van der Waals surface area contributed by atoms with Gasteiger partial charge in [0, 0.05) is 13.6 Å². The topological polar surface area (TPSA) is 32.3 Å². The molecule has 3 rings (SSSR count). The van der Waals surface area contributed by atoms with Crippen LogP contribution in [0.5, 0.6) is 0 Å². The molecule has 2 saturated carbocycles. The summed E-state index contributed by atoms with van der Waals surface area (Å²) in [5, 5.41) is 3.46. The minimum atomic E-state index is 0.132. The summed E-state index contributed by atoms with van der Waals surface area (Å²) in [6.07, 6.45) is 7.91. The van der Waals surface area contributed by atoms with E-state index in [1.54, 1.807) is 0 Å². The summed E-state index contributed by atoms with van der Waals surface area (Å²) in [6.45, 7) is 2.05. The van der Waals surface area contributed by atoms with Crippen molar-refractivity contribution in [3.63, 3.8) is 0 Å². The van der Waals surface area contributed by atoms with Gasteiger partial charge in [0.05, 0.1) is 6.04 Å². The quantitative estimate of drug-likeness (QED) is 0.808. The highest BCUT2D eigenvalue weighted by Crippen LogP contribution is 2.38. The number of fused-ring (bicyclic) bond motifs is 1. The van der Waals surface area contributed by atoms with E-state index in [1.807, 2.05) is 11.9 Å². The van der Waals surface area contributed by atoms with Gasteiger partial charge in [-0.3, -0.25) is 4.79 Å². The first kappa shape index (κ1) is 11.5. The Morgan fingerprint density at radius 2 is 2.00 bits per heavy atom. The molecule has 17 heavy (non-hydrogen) atoms. The molecule has 1 amide bonds. The monoisotopic (exact) mass is 236 g/mol. The number of carbonyl (C=O) groups is 1. The molecular formula is C14H24N2O. The lowest BCUT2D eigenvalue weighted by Gasteiger charge is -2.32. The van der Waals surface area contributed by atoms with E-state index in [1.165, 1.54) is 38.5 Å². The van der Waals surface area contributed by atoms with E-state index in [-0.39, 0.29) is 6.04 Å². The van der Waals surface area contributed by atoms with Crippen LogP contribution >= 0.6 is 0 Å². The van der Waals surface area contributed by atoms with Crippen molar-refractivity contribution in [2.24, 2.45) is 17.8 Å². The second-order valence-electron chi connectivity index (χ2n) is 6.26. The molecular weight excluding hydrogens is 212 g/mol. The number of hydrogen-bond acceptors (Lipinski definition) is 2. The molecule has 1 N–H and O–H groups in total. The molecule has 3 fully saturated rings. The molecule has 3 aliphatic rings. The van der Waals surface area contributed by atoms with Gasteiger partial charge in [-0.05, 0) is 50.0 Å². The predicted molar refractivity (Wildman–Crippen MR) is 67.6 cm³/mol. The lowest BCUT2D eigenvalue weighted by Crippen LogP contribution is -2.46. The van der Waals surface area contributed by atoms with Gasteiger partial charge < -0.3 is 10.2 Å². The van der Waals surface area contributed by atoms with Crippen molar-refractivity contribution in [1.29, 1.82) is 0 Å². The average Bonchev–Trinajstić information content (AvgIpc) is 2.83. The highest BCUT2D eigenvalue weighted by Gasteiger charge is 2.43. The molecule has 1 aliphatic heterocycles. The molecule has 0 radical (unpaired) electrons. The lowest BCUT2D eigenvalue weighted by atomic mass is 9.85.